The van der Waals surface area contributed by atoms with Gasteiger partial charge in [-0.1, -0.05) is 37.3 Å². The summed E-state index contributed by atoms with van der Waals surface area (Å²) in [6.45, 7) is 4.78. The number of benzene rings is 1. The van der Waals surface area contributed by atoms with Gasteiger partial charge in [-0.25, -0.2) is 9.67 Å². The summed E-state index contributed by atoms with van der Waals surface area (Å²) >= 11 is 0. The molecule has 0 bridgehead atoms. The van der Waals surface area contributed by atoms with Crippen molar-refractivity contribution in [3.63, 3.8) is 0 Å². The lowest BCUT2D eigenvalue weighted by atomic mass is 10.1. The third kappa shape index (κ3) is 3.15. The molecule has 0 aliphatic rings. The van der Waals surface area contributed by atoms with E-state index in [1.54, 1.807) is 17.3 Å². The molecule has 124 valence electrons. The predicted octanol–water partition coefficient (Wildman–Crippen LogP) is 3.35. The third-order valence-corrected chi connectivity index (χ3v) is 4.47. The van der Waals surface area contributed by atoms with Crippen LogP contribution in [0.1, 0.15) is 36.2 Å². The Kier molecular flexibility index (Phi) is 4.60. The first-order valence-electron chi connectivity index (χ1n) is 8.22. The lowest BCUT2D eigenvalue weighted by molar-refractivity contribution is 0.0740. The zero-order valence-corrected chi connectivity index (χ0v) is 14.3. The van der Waals surface area contributed by atoms with E-state index in [2.05, 4.69) is 29.1 Å². The largest absolute Gasteiger partial charge is 0.339 e. The molecule has 1 atom stereocenters. The average molecular weight is 322 g/mol. The Labute approximate surface area is 141 Å². The minimum Gasteiger partial charge on any atom is -0.339 e. The molecule has 0 aliphatic heterocycles. The molecular formula is C19H22N4O. The number of hydrogen-bond acceptors (Lipinski definition) is 3. The zero-order valence-electron chi connectivity index (χ0n) is 14.3. The fourth-order valence-corrected chi connectivity index (χ4v) is 2.64. The van der Waals surface area contributed by atoms with Crippen molar-refractivity contribution in [2.45, 2.75) is 32.9 Å². The van der Waals surface area contributed by atoms with Crippen LogP contribution in [-0.2, 0) is 6.54 Å². The number of carbonyl (C=O) groups is 1. The van der Waals surface area contributed by atoms with E-state index in [0.717, 1.165) is 17.5 Å². The number of nitrogens with zero attached hydrogens (tertiary/aromatic N) is 4. The summed E-state index contributed by atoms with van der Waals surface area (Å²) in [6.07, 6.45) is 4.34. The fourth-order valence-electron chi connectivity index (χ4n) is 2.64. The van der Waals surface area contributed by atoms with Gasteiger partial charge in [0.1, 0.15) is 0 Å². The third-order valence-electron chi connectivity index (χ3n) is 4.47. The van der Waals surface area contributed by atoms with Crippen LogP contribution < -0.4 is 0 Å². The Bertz CT molecular complexity index is 841. The molecule has 1 aromatic carbocycles. The van der Waals surface area contributed by atoms with Gasteiger partial charge in [0, 0.05) is 24.7 Å². The van der Waals surface area contributed by atoms with Crippen molar-refractivity contribution in [3.05, 3.63) is 59.9 Å². The highest BCUT2D eigenvalue weighted by Crippen LogP contribution is 2.16. The molecule has 0 spiro atoms. The molecule has 0 radical (unpaired) electrons. The van der Waals surface area contributed by atoms with E-state index in [-0.39, 0.29) is 11.9 Å². The summed E-state index contributed by atoms with van der Waals surface area (Å²) in [5, 5.41) is 5.30. The predicted molar refractivity (Wildman–Crippen MR) is 94.9 cm³/mol. The molecule has 5 nitrogen and oxygen atoms in total. The van der Waals surface area contributed by atoms with Crippen LogP contribution in [0, 0.1) is 0 Å². The molecule has 3 aromatic rings. The number of pyridine rings is 1. The van der Waals surface area contributed by atoms with Gasteiger partial charge in [-0.2, -0.15) is 5.10 Å². The number of amides is 1. The van der Waals surface area contributed by atoms with Gasteiger partial charge in [-0.3, -0.25) is 4.79 Å². The Morgan fingerprint density at radius 2 is 2.00 bits per heavy atom. The summed E-state index contributed by atoms with van der Waals surface area (Å²) < 4.78 is 1.86. The summed E-state index contributed by atoms with van der Waals surface area (Å²) in [4.78, 5) is 18.8. The first kappa shape index (κ1) is 16.2. The van der Waals surface area contributed by atoms with E-state index >= 15 is 0 Å². The van der Waals surface area contributed by atoms with E-state index in [1.807, 2.05) is 42.9 Å². The second-order valence-electron chi connectivity index (χ2n) is 6.10. The molecule has 1 unspecified atom stereocenters. The van der Waals surface area contributed by atoms with Crippen molar-refractivity contribution in [2.75, 3.05) is 7.05 Å². The summed E-state index contributed by atoms with van der Waals surface area (Å²) in [7, 11) is 1.83. The Morgan fingerprint density at radius 3 is 2.71 bits per heavy atom. The zero-order chi connectivity index (χ0) is 17.1. The van der Waals surface area contributed by atoms with Crippen molar-refractivity contribution in [3.8, 4) is 0 Å². The Morgan fingerprint density at radius 1 is 1.25 bits per heavy atom. The lowest BCUT2D eigenvalue weighted by Crippen LogP contribution is -2.34. The Hall–Kier alpha value is -2.69. The van der Waals surface area contributed by atoms with Crippen LogP contribution in [0.15, 0.2) is 48.8 Å². The number of hydrogen-bond donors (Lipinski definition) is 0. The van der Waals surface area contributed by atoms with Gasteiger partial charge in [0.15, 0.2) is 5.65 Å². The topological polar surface area (TPSA) is 51.0 Å². The van der Waals surface area contributed by atoms with Gasteiger partial charge in [-0.15, -0.1) is 0 Å². The van der Waals surface area contributed by atoms with Gasteiger partial charge >= 0.3 is 0 Å². The molecule has 2 aromatic heterocycles. The first-order valence-corrected chi connectivity index (χ1v) is 8.22. The molecule has 0 fully saturated rings. The smallest absolute Gasteiger partial charge is 0.255 e. The lowest BCUT2D eigenvalue weighted by Gasteiger charge is -2.23. The van der Waals surface area contributed by atoms with E-state index in [4.69, 9.17) is 0 Å². The number of fused-ring (bicyclic) bond motifs is 1. The van der Waals surface area contributed by atoms with Gasteiger partial charge in [0.2, 0.25) is 0 Å². The maximum atomic E-state index is 12.5. The summed E-state index contributed by atoms with van der Waals surface area (Å²) in [5.74, 6) is -0.00504. The summed E-state index contributed by atoms with van der Waals surface area (Å²) in [5.41, 5.74) is 2.56. The molecule has 24 heavy (non-hydrogen) atoms. The monoisotopic (exact) mass is 322 g/mol. The fraction of sp³-hybridized carbons (Fsp3) is 0.316. The molecule has 3 rings (SSSR count). The van der Waals surface area contributed by atoms with Crippen molar-refractivity contribution >= 4 is 16.9 Å². The molecule has 5 heteroatoms. The number of rotatable bonds is 5. The summed E-state index contributed by atoms with van der Waals surface area (Å²) in [6, 6.07) is 12.2. The van der Waals surface area contributed by atoms with Gasteiger partial charge in [0.25, 0.3) is 5.91 Å². The minimum atomic E-state index is -0.00504. The quantitative estimate of drug-likeness (QED) is 0.724. The molecule has 0 saturated heterocycles. The second-order valence-corrected chi connectivity index (χ2v) is 6.10. The highest BCUT2D eigenvalue weighted by atomic mass is 16.2. The van der Waals surface area contributed by atoms with Crippen molar-refractivity contribution in [2.24, 2.45) is 0 Å². The highest BCUT2D eigenvalue weighted by molar-refractivity contribution is 5.96. The van der Waals surface area contributed by atoms with E-state index < -0.39 is 0 Å². The normalized spacial score (nSPS) is 12.3. The van der Waals surface area contributed by atoms with E-state index in [9.17, 15) is 4.79 Å². The van der Waals surface area contributed by atoms with Crippen LogP contribution in [0.4, 0.5) is 0 Å². The first-order chi connectivity index (χ1) is 11.6. The minimum absolute atomic E-state index is 0.00504. The van der Waals surface area contributed by atoms with E-state index in [1.165, 1.54) is 5.56 Å². The molecule has 0 N–H and O–H groups in total. The van der Waals surface area contributed by atoms with Crippen LogP contribution in [-0.4, -0.2) is 38.7 Å². The van der Waals surface area contributed by atoms with Crippen molar-refractivity contribution in [1.29, 1.82) is 0 Å². The standard InChI is InChI=1S/C19H22N4O/c1-4-14(2)22(3)19(24)17-10-16-12-21-23(18(16)20-11-17)13-15-8-6-5-7-9-15/h5-12,14H,4,13H2,1-3H3. The SMILES string of the molecule is CCC(C)N(C)C(=O)c1cnc2c(cnn2Cc2ccccc2)c1. The maximum absolute atomic E-state index is 12.5. The molecule has 1 amide bonds. The Balaban J connectivity index is 1.87. The van der Waals surface area contributed by atoms with Crippen LogP contribution in [0.2, 0.25) is 0 Å². The molecule has 2 heterocycles. The van der Waals surface area contributed by atoms with Gasteiger partial charge < -0.3 is 4.90 Å². The molecule has 0 aliphatic carbocycles. The number of carbonyl (C=O) groups excluding carboxylic acids is 1. The maximum Gasteiger partial charge on any atom is 0.255 e. The van der Waals surface area contributed by atoms with Crippen molar-refractivity contribution < 1.29 is 4.79 Å². The molecular weight excluding hydrogens is 300 g/mol. The van der Waals surface area contributed by atoms with Crippen molar-refractivity contribution in [1.82, 2.24) is 19.7 Å². The molecule has 0 saturated carbocycles. The average Bonchev–Trinajstić information content (AvgIpc) is 3.02. The van der Waals surface area contributed by atoms with Gasteiger partial charge in [-0.05, 0) is 25.0 Å². The highest BCUT2D eigenvalue weighted by Gasteiger charge is 2.17. The van der Waals surface area contributed by atoms with Crippen LogP contribution in [0.5, 0.6) is 0 Å². The van der Waals surface area contributed by atoms with Crippen LogP contribution in [0.25, 0.3) is 11.0 Å². The second kappa shape index (κ2) is 6.83. The van der Waals surface area contributed by atoms with Crippen LogP contribution >= 0.6 is 0 Å². The number of aromatic nitrogens is 3. The van der Waals surface area contributed by atoms with E-state index in [0.29, 0.717) is 12.1 Å². The van der Waals surface area contributed by atoms with Gasteiger partial charge in [0.05, 0.1) is 18.3 Å². The van der Waals surface area contributed by atoms with Crippen LogP contribution in [0.3, 0.4) is 0 Å².